The van der Waals surface area contributed by atoms with E-state index in [1.807, 2.05) is 20.1 Å². The van der Waals surface area contributed by atoms with Crippen LogP contribution in [0.4, 0.5) is 0 Å². The van der Waals surface area contributed by atoms with Crippen LogP contribution in [0.1, 0.15) is 27.2 Å². The highest BCUT2D eigenvalue weighted by Gasteiger charge is 2.55. The zero-order chi connectivity index (χ0) is 13.6. The van der Waals surface area contributed by atoms with Gasteiger partial charge in [0.15, 0.2) is 6.29 Å². The van der Waals surface area contributed by atoms with Crippen LogP contribution in [0, 0.1) is 0 Å². The molecule has 0 radical (unpaired) electrons. The molecule has 1 heterocycles. The Morgan fingerprint density at radius 2 is 1.89 bits per heavy atom. The Morgan fingerprint density at radius 3 is 2.28 bits per heavy atom. The van der Waals surface area contributed by atoms with Crippen molar-refractivity contribution < 1.29 is 14.2 Å². The molecule has 0 saturated heterocycles. The largest absolute Gasteiger partial charge is 0.494 e. The van der Waals surface area contributed by atoms with E-state index in [1.165, 1.54) is 6.04 Å². The molecule has 0 bridgehead atoms. The Bertz CT molecular complexity index is 265. The second-order valence-corrected chi connectivity index (χ2v) is 18.4. The van der Waals surface area contributed by atoms with Crippen molar-refractivity contribution in [3.63, 3.8) is 0 Å². The van der Waals surface area contributed by atoms with Gasteiger partial charge in [0.2, 0.25) is 0 Å². The fourth-order valence-electron chi connectivity index (χ4n) is 2.80. The molecule has 0 saturated carbocycles. The normalized spacial score (nSPS) is 24.3. The SMILES string of the molecule is CCOC(OCC)C1([Si](C)(C)[SiH2]CC)CC=CO1. The highest BCUT2D eigenvalue weighted by atomic mass is 29.2. The molecule has 5 heteroatoms. The molecule has 0 amide bonds. The van der Waals surface area contributed by atoms with Gasteiger partial charge in [-0.1, -0.05) is 26.1 Å². The van der Waals surface area contributed by atoms with E-state index in [4.69, 9.17) is 14.2 Å². The van der Waals surface area contributed by atoms with Crippen molar-refractivity contribution in [2.45, 2.75) is 57.8 Å². The molecule has 1 aliphatic rings. The summed E-state index contributed by atoms with van der Waals surface area (Å²) in [5.41, 5.74) is 0. The summed E-state index contributed by atoms with van der Waals surface area (Å²) in [7, 11) is -1.55. The van der Waals surface area contributed by atoms with Crippen LogP contribution in [0.25, 0.3) is 0 Å². The monoisotopic (exact) mass is 288 g/mol. The summed E-state index contributed by atoms with van der Waals surface area (Å²) in [5, 5.41) is -0.193. The van der Waals surface area contributed by atoms with E-state index in [9.17, 15) is 0 Å². The van der Waals surface area contributed by atoms with Crippen LogP contribution in [0.5, 0.6) is 0 Å². The maximum atomic E-state index is 6.09. The first-order chi connectivity index (χ1) is 8.54. The summed E-state index contributed by atoms with van der Waals surface area (Å²) < 4.78 is 17.8. The molecule has 0 N–H and O–H groups in total. The molecular weight excluding hydrogens is 260 g/mol. The lowest BCUT2D eigenvalue weighted by Gasteiger charge is -2.46. The van der Waals surface area contributed by atoms with Crippen LogP contribution in [0.15, 0.2) is 12.3 Å². The minimum absolute atomic E-state index is 0.0993. The Morgan fingerprint density at radius 1 is 1.28 bits per heavy atom. The van der Waals surface area contributed by atoms with Gasteiger partial charge < -0.3 is 14.2 Å². The molecule has 0 aromatic heterocycles. The quantitative estimate of drug-likeness (QED) is 0.507. The minimum Gasteiger partial charge on any atom is -0.494 e. The van der Waals surface area contributed by atoms with Crippen molar-refractivity contribution in [1.29, 1.82) is 0 Å². The van der Waals surface area contributed by atoms with Crippen LogP contribution >= 0.6 is 0 Å². The summed E-state index contributed by atoms with van der Waals surface area (Å²) in [6, 6.07) is 1.33. The molecule has 3 nitrogen and oxygen atoms in total. The summed E-state index contributed by atoms with van der Waals surface area (Å²) >= 11 is 0. The molecule has 1 aliphatic heterocycles. The third kappa shape index (κ3) is 3.07. The smallest absolute Gasteiger partial charge is 0.193 e. The van der Waals surface area contributed by atoms with Crippen molar-refractivity contribution in [3.05, 3.63) is 12.3 Å². The first-order valence-corrected chi connectivity index (χ1v) is 13.4. The van der Waals surface area contributed by atoms with Crippen molar-refractivity contribution in [1.82, 2.24) is 0 Å². The molecule has 0 aromatic rings. The molecule has 0 aromatic carbocycles. The third-order valence-electron chi connectivity index (χ3n) is 3.83. The molecule has 1 rings (SSSR count). The van der Waals surface area contributed by atoms with Crippen LogP contribution in [-0.4, -0.2) is 41.4 Å². The molecule has 1 unspecified atom stereocenters. The summed E-state index contributed by atoms with van der Waals surface area (Å²) in [6.45, 7) is 12.6. The van der Waals surface area contributed by atoms with Gasteiger partial charge >= 0.3 is 0 Å². The van der Waals surface area contributed by atoms with Gasteiger partial charge in [0.05, 0.1) is 13.9 Å². The minimum atomic E-state index is -1.45. The zero-order valence-electron chi connectivity index (χ0n) is 12.5. The Hall–Kier alpha value is -0.106. The molecule has 106 valence electrons. The second-order valence-electron chi connectivity index (χ2n) is 5.46. The molecule has 1 atom stereocenters. The van der Waals surface area contributed by atoms with E-state index in [-0.39, 0.29) is 20.6 Å². The van der Waals surface area contributed by atoms with Crippen LogP contribution in [-0.2, 0) is 14.2 Å². The lowest BCUT2D eigenvalue weighted by Crippen LogP contribution is -2.66. The van der Waals surface area contributed by atoms with Crippen LogP contribution in [0.3, 0.4) is 0 Å². The topological polar surface area (TPSA) is 27.7 Å². The van der Waals surface area contributed by atoms with Gasteiger partial charge in [-0.15, -0.1) is 0 Å². The van der Waals surface area contributed by atoms with Crippen molar-refractivity contribution in [2.75, 3.05) is 13.2 Å². The fourth-order valence-corrected chi connectivity index (χ4v) is 12.5. The number of hydrogen-bond acceptors (Lipinski definition) is 3. The van der Waals surface area contributed by atoms with E-state index < -0.39 is 7.59 Å². The summed E-state index contributed by atoms with van der Waals surface area (Å²) in [5.74, 6) is 0. The van der Waals surface area contributed by atoms with Gasteiger partial charge in [-0.25, -0.2) is 0 Å². The molecule has 0 fully saturated rings. The van der Waals surface area contributed by atoms with E-state index in [2.05, 4.69) is 26.1 Å². The lowest BCUT2D eigenvalue weighted by molar-refractivity contribution is -0.204. The number of rotatable bonds is 8. The lowest BCUT2D eigenvalue weighted by atomic mass is 10.2. The van der Waals surface area contributed by atoms with Crippen molar-refractivity contribution in [2.24, 2.45) is 0 Å². The van der Waals surface area contributed by atoms with Gasteiger partial charge in [-0.05, 0) is 19.9 Å². The highest BCUT2D eigenvalue weighted by Crippen LogP contribution is 2.38. The summed E-state index contributed by atoms with van der Waals surface area (Å²) in [6.07, 6.45) is 4.72. The van der Waals surface area contributed by atoms with Crippen molar-refractivity contribution >= 4 is 16.6 Å². The predicted molar refractivity (Wildman–Crippen MR) is 81.1 cm³/mol. The highest BCUT2D eigenvalue weighted by molar-refractivity contribution is 7.25. The zero-order valence-corrected chi connectivity index (χ0v) is 14.9. The van der Waals surface area contributed by atoms with E-state index in [0.29, 0.717) is 13.2 Å². The first kappa shape index (κ1) is 15.9. The van der Waals surface area contributed by atoms with Gasteiger partial charge in [-0.2, -0.15) is 0 Å². The average molecular weight is 289 g/mol. The van der Waals surface area contributed by atoms with Gasteiger partial charge in [0, 0.05) is 28.7 Å². The molecular formula is C13H28O3Si2. The third-order valence-corrected chi connectivity index (χ3v) is 15.5. The van der Waals surface area contributed by atoms with Crippen LogP contribution in [0.2, 0.25) is 19.1 Å². The Kier molecular flexibility index (Phi) is 6.10. The predicted octanol–water partition coefficient (Wildman–Crippen LogP) is 2.41. The Balaban J connectivity index is 2.97. The standard InChI is InChI=1S/C13H28O3Si2/c1-6-14-12(15-7-2)13(10-9-11-16-13)18(4,5)17-8-3/h9,11-12H,6-8,10,17H2,1-5H3. The Labute approximate surface area is 115 Å². The van der Waals surface area contributed by atoms with E-state index in [0.717, 1.165) is 6.42 Å². The van der Waals surface area contributed by atoms with Gasteiger partial charge in [0.1, 0.15) is 5.22 Å². The van der Waals surface area contributed by atoms with Crippen molar-refractivity contribution in [3.8, 4) is 0 Å². The molecule has 0 aliphatic carbocycles. The van der Waals surface area contributed by atoms with Crippen LogP contribution < -0.4 is 0 Å². The van der Waals surface area contributed by atoms with E-state index in [1.54, 1.807) is 0 Å². The maximum absolute atomic E-state index is 6.09. The number of ether oxygens (including phenoxy) is 3. The number of hydrogen-bond donors (Lipinski definition) is 0. The first-order valence-electron chi connectivity index (χ1n) is 7.10. The van der Waals surface area contributed by atoms with E-state index >= 15 is 0 Å². The molecule has 18 heavy (non-hydrogen) atoms. The maximum Gasteiger partial charge on any atom is 0.193 e. The second kappa shape index (κ2) is 6.89. The van der Waals surface area contributed by atoms with Gasteiger partial charge in [-0.3, -0.25) is 0 Å². The fraction of sp³-hybridized carbons (Fsp3) is 0.846. The van der Waals surface area contributed by atoms with Gasteiger partial charge in [0.25, 0.3) is 0 Å². The summed E-state index contributed by atoms with van der Waals surface area (Å²) in [4.78, 5) is 0. The average Bonchev–Trinajstić information content (AvgIpc) is 2.79. The molecule has 0 spiro atoms.